The minimum Gasteiger partial charge on any atom is -0.326 e. The van der Waals surface area contributed by atoms with Gasteiger partial charge in [-0.15, -0.1) is 10.2 Å². The van der Waals surface area contributed by atoms with Crippen molar-refractivity contribution < 1.29 is 18.4 Å². The van der Waals surface area contributed by atoms with Gasteiger partial charge >= 0.3 is 0 Å². The molecular weight excluding hydrogens is 440 g/mol. The molecule has 0 unspecified atom stereocenters. The third kappa shape index (κ3) is 5.55. The highest BCUT2D eigenvalue weighted by atomic mass is 32.2. The van der Waals surface area contributed by atoms with Crippen molar-refractivity contribution in [2.75, 3.05) is 10.6 Å². The number of benzene rings is 2. The van der Waals surface area contributed by atoms with Crippen LogP contribution in [0.2, 0.25) is 0 Å². The van der Waals surface area contributed by atoms with Crippen molar-refractivity contribution in [2.45, 2.75) is 30.7 Å². The summed E-state index contributed by atoms with van der Waals surface area (Å²) in [7, 11) is 0. The maximum absolute atomic E-state index is 13.8. The summed E-state index contributed by atoms with van der Waals surface area (Å²) in [4.78, 5) is 39.1. The summed E-state index contributed by atoms with van der Waals surface area (Å²) in [6.07, 6.45) is 0.343. The van der Waals surface area contributed by atoms with Gasteiger partial charge in [0, 0.05) is 18.6 Å². The maximum Gasteiger partial charge on any atom is 0.278 e. The van der Waals surface area contributed by atoms with E-state index in [-0.39, 0.29) is 22.4 Å². The van der Waals surface area contributed by atoms with Crippen molar-refractivity contribution in [1.82, 2.24) is 15.2 Å². The second-order valence-electron chi connectivity index (χ2n) is 6.66. The first-order valence-electron chi connectivity index (χ1n) is 9.55. The number of anilines is 2. The highest BCUT2D eigenvalue weighted by molar-refractivity contribution is 8.00. The molecule has 0 radical (unpaired) electrons. The van der Waals surface area contributed by atoms with Gasteiger partial charge in [-0.2, -0.15) is 0 Å². The van der Waals surface area contributed by atoms with Gasteiger partial charge in [0.05, 0.1) is 16.6 Å². The van der Waals surface area contributed by atoms with Gasteiger partial charge in [0.25, 0.3) is 5.56 Å². The normalized spacial score (nSPS) is 11.6. The molecule has 1 aromatic heterocycles. The number of rotatable bonds is 7. The molecule has 2 amide bonds. The molecule has 1 heterocycles. The molecule has 166 valence electrons. The second kappa shape index (κ2) is 10.1. The molecule has 0 aliphatic heterocycles. The van der Waals surface area contributed by atoms with Gasteiger partial charge in [0.2, 0.25) is 11.8 Å². The van der Waals surface area contributed by atoms with Crippen LogP contribution in [0.25, 0.3) is 11.3 Å². The van der Waals surface area contributed by atoms with Gasteiger partial charge in [-0.25, -0.2) is 8.78 Å². The van der Waals surface area contributed by atoms with E-state index in [1.807, 2.05) is 0 Å². The van der Waals surface area contributed by atoms with E-state index in [9.17, 15) is 23.2 Å². The summed E-state index contributed by atoms with van der Waals surface area (Å²) in [5.41, 5.74) is 0.0987. The molecule has 0 aliphatic rings. The van der Waals surface area contributed by atoms with E-state index < -0.39 is 28.4 Å². The molecule has 0 saturated heterocycles. The Labute approximate surface area is 185 Å². The van der Waals surface area contributed by atoms with Crippen molar-refractivity contribution in [1.29, 1.82) is 0 Å². The van der Waals surface area contributed by atoms with Crippen LogP contribution >= 0.6 is 11.8 Å². The van der Waals surface area contributed by atoms with E-state index in [1.165, 1.54) is 6.92 Å². The van der Waals surface area contributed by atoms with Crippen LogP contribution in [0.5, 0.6) is 0 Å². The maximum atomic E-state index is 13.8. The number of aromatic amines is 1. The zero-order chi connectivity index (χ0) is 23.3. The molecule has 2 aromatic carbocycles. The Balaban J connectivity index is 1.79. The smallest absolute Gasteiger partial charge is 0.278 e. The highest BCUT2D eigenvalue weighted by Crippen LogP contribution is 2.26. The summed E-state index contributed by atoms with van der Waals surface area (Å²) in [6.45, 7) is 3.09. The van der Waals surface area contributed by atoms with E-state index in [4.69, 9.17) is 0 Å². The molecule has 0 fully saturated rings. The predicted molar refractivity (Wildman–Crippen MR) is 117 cm³/mol. The zero-order valence-electron chi connectivity index (χ0n) is 17.1. The predicted octanol–water partition coefficient (Wildman–Crippen LogP) is 3.58. The van der Waals surface area contributed by atoms with E-state index >= 15 is 0 Å². The molecule has 1 atom stereocenters. The van der Waals surface area contributed by atoms with Gasteiger partial charge < -0.3 is 10.6 Å². The number of carbonyl (C=O) groups is 2. The summed E-state index contributed by atoms with van der Waals surface area (Å²) < 4.78 is 26.9. The summed E-state index contributed by atoms with van der Waals surface area (Å²) in [5.74, 6) is -2.49. The van der Waals surface area contributed by atoms with Crippen LogP contribution in [-0.2, 0) is 9.59 Å². The third-order valence-electron chi connectivity index (χ3n) is 4.28. The standard InChI is InChI=1S/C21H19F2N5O3S/c1-3-17(19(30)25-16-9-8-12(22)10-14(16)23)32-21-26-20(31)18(27-28-21)13-6-4-5-7-15(13)24-11(2)29/h4-10,17H,3H2,1-2H3,(H,24,29)(H,25,30)(H,26,28,31)/t17-/m1/s1. The van der Waals surface area contributed by atoms with Crippen LogP contribution in [0.1, 0.15) is 20.3 Å². The van der Waals surface area contributed by atoms with Crippen LogP contribution < -0.4 is 16.2 Å². The Bertz CT molecular complexity index is 1220. The summed E-state index contributed by atoms with van der Waals surface area (Å²) in [6, 6.07) is 9.48. The molecular formula is C21H19F2N5O3S. The molecule has 0 bridgehead atoms. The number of halogens is 2. The number of thioether (sulfide) groups is 1. The van der Waals surface area contributed by atoms with Crippen molar-refractivity contribution in [3.05, 3.63) is 64.5 Å². The molecule has 3 aromatic rings. The lowest BCUT2D eigenvalue weighted by molar-refractivity contribution is -0.116. The fourth-order valence-electron chi connectivity index (χ4n) is 2.80. The Hall–Kier alpha value is -3.60. The van der Waals surface area contributed by atoms with Gasteiger partial charge in [0.15, 0.2) is 10.9 Å². The number of aromatic nitrogens is 3. The van der Waals surface area contributed by atoms with E-state index in [0.29, 0.717) is 23.7 Å². The third-order valence-corrected chi connectivity index (χ3v) is 5.51. The number of amides is 2. The van der Waals surface area contributed by atoms with Gasteiger partial charge in [-0.05, 0) is 24.6 Å². The van der Waals surface area contributed by atoms with Gasteiger partial charge in [-0.1, -0.05) is 36.9 Å². The van der Waals surface area contributed by atoms with E-state index in [2.05, 4.69) is 25.8 Å². The lowest BCUT2D eigenvalue weighted by Crippen LogP contribution is -2.26. The quantitative estimate of drug-likeness (QED) is 0.465. The van der Waals surface area contributed by atoms with Crippen molar-refractivity contribution in [2.24, 2.45) is 0 Å². The fraction of sp³-hybridized carbons (Fsp3) is 0.190. The molecule has 0 aliphatic carbocycles. The number of hydrogen-bond acceptors (Lipinski definition) is 6. The van der Waals surface area contributed by atoms with Crippen molar-refractivity contribution in [3.63, 3.8) is 0 Å². The molecule has 0 saturated carbocycles. The lowest BCUT2D eigenvalue weighted by atomic mass is 10.1. The Kier molecular flexibility index (Phi) is 7.31. The average Bonchev–Trinajstić information content (AvgIpc) is 2.74. The summed E-state index contributed by atoms with van der Waals surface area (Å²) in [5, 5.41) is 12.4. The molecule has 11 heteroatoms. The molecule has 3 rings (SSSR count). The number of hydrogen-bond donors (Lipinski definition) is 3. The second-order valence-corrected chi connectivity index (χ2v) is 7.85. The van der Waals surface area contributed by atoms with Gasteiger partial charge in [0.1, 0.15) is 11.6 Å². The fourth-order valence-corrected chi connectivity index (χ4v) is 3.64. The SMILES string of the molecule is CC[C@@H](Sc1nnc(-c2ccccc2NC(C)=O)c(=O)[nH]1)C(=O)Nc1ccc(F)cc1F. The number of para-hydroxylation sites is 1. The van der Waals surface area contributed by atoms with Crippen molar-refractivity contribution in [3.8, 4) is 11.3 Å². The molecule has 3 N–H and O–H groups in total. The largest absolute Gasteiger partial charge is 0.326 e. The van der Waals surface area contributed by atoms with E-state index in [1.54, 1.807) is 31.2 Å². The van der Waals surface area contributed by atoms with Crippen molar-refractivity contribution >= 4 is 35.0 Å². The van der Waals surface area contributed by atoms with Crippen LogP contribution in [0.4, 0.5) is 20.2 Å². The van der Waals surface area contributed by atoms with E-state index in [0.717, 1.165) is 23.9 Å². The first-order chi connectivity index (χ1) is 15.3. The highest BCUT2D eigenvalue weighted by Gasteiger charge is 2.22. The monoisotopic (exact) mass is 459 g/mol. The van der Waals surface area contributed by atoms with Crippen LogP contribution in [0.3, 0.4) is 0 Å². The first kappa shape index (κ1) is 23.1. The average molecular weight is 459 g/mol. The van der Waals surface area contributed by atoms with Crippen LogP contribution in [0, 0.1) is 11.6 Å². The number of carbonyl (C=O) groups excluding carboxylic acids is 2. The number of H-pyrrole nitrogens is 1. The Morgan fingerprint density at radius 3 is 2.50 bits per heavy atom. The number of nitrogens with zero attached hydrogens (tertiary/aromatic N) is 2. The topological polar surface area (TPSA) is 117 Å². The Morgan fingerprint density at radius 2 is 1.84 bits per heavy atom. The van der Waals surface area contributed by atoms with Crippen LogP contribution in [-0.4, -0.2) is 32.2 Å². The summed E-state index contributed by atoms with van der Waals surface area (Å²) >= 11 is 0.951. The Morgan fingerprint density at radius 1 is 1.09 bits per heavy atom. The molecule has 8 nitrogen and oxygen atoms in total. The minimum absolute atomic E-state index is 0.00424. The zero-order valence-corrected chi connectivity index (χ0v) is 17.9. The first-order valence-corrected chi connectivity index (χ1v) is 10.4. The molecule has 32 heavy (non-hydrogen) atoms. The van der Waals surface area contributed by atoms with Crippen LogP contribution in [0.15, 0.2) is 52.4 Å². The van der Waals surface area contributed by atoms with Gasteiger partial charge in [-0.3, -0.25) is 19.4 Å². The lowest BCUT2D eigenvalue weighted by Gasteiger charge is -2.14. The minimum atomic E-state index is -0.895. The molecule has 0 spiro atoms. The number of nitrogens with one attached hydrogen (secondary N) is 3.